The van der Waals surface area contributed by atoms with Crippen LogP contribution < -0.4 is 5.32 Å². The van der Waals surface area contributed by atoms with E-state index in [1.54, 1.807) is 0 Å². The first-order valence-electron chi connectivity index (χ1n) is 6.80. The van der Waals surface area contributed by atoms with Gasteiger partial charge in [0.05, 0.1) is 0 Å². The lowest BCUT2D eigenvalue weighted by atomic mass is 10.1. The molecule has 0 saturated carbocycles. The fraction of sp³-hybridized carbons (Fsp3) is 0.500. The summed E-state index contributed by atoms with van der Waals surface area (Å²) in [5.41, 5.74) is 4.12. The Balaban J connectivity index is 2.46. The minimum atomic E-state index is 0.513. The van der Waals surface area contributed by atoms with Crippen LogP contribution in [-0.2, 0) is 6.42 Å². The van der Waals surface area contributed by atoms with Crippen LogP contribution in [0.1, 0.15) is 38.1 Å². The van der Waals surface area contributed by atoms with Gasteiger partial charge >= 0.3 is 0 Å². The number of nitrogens with one attached hydrogen (secondary N) is 1. The van der Waals surface area contributed by atoms with Crippen LogP contribution in [0, 0.1) is 6.92 Å². The molecule has 1 unspecified atom stereocenters. The van der Waals surface area contributed by atoms with Gasteiger partial charge in [-0.25, -0.2) is 0 Å². The zero-order valence-electron chi connectivity index (χ0n) is 12.1. The molecule has 1 atom stereocenters. The first kappa shape index (κ1) is 13.2. The largest absolute Gasteiger partial charge is 0.342 e. The normalized spacial score (nSPS) is 13.4. The Morgan fingerprint density at radius 2 is 1.89 bits per heavy atom. The number of fused-ring (bicyclic) bond motifs is 1. The Kier molecular flexibility index (Phi) is 3.76. The summed E-state index contributed by atoms with van der Waals surface area (Å²) in [6, 6.07) is 10.2. The minimum absolute atomic E-state index is 0.513. The second kappa shape index (κ2) is 5.15. The average molecular weight is 244 g/mol. The van der Waals surface area contributed by atoms with E-state index < -0.39 is 0 Å². The maximum Gasteiger partial charge on any atom is 0.0487 e. The Morgan fingerprint density at radius 3 is 2.50 bits per heavy atom. The molecule has 0 aliphatic heterocycles. The molecule has 0 fully saturated rings. The molecule has 1 aromatic heterocycles. The van der Waals surface area contributed by atoms with Crippen molar-refractivity contribution in [2.24, 2.45) is 0 Å². The van der Waals surface area contributed by atoms with E-state index in [2.05, 4.69) is 61.8 Å². The lowest BCUT2D eigenvalue weighted by Gasteiger charge is -2.14. The van der Waals surface area contributed by atoms with Crippen LogP contribution >= 0.6 is 0 Å². The summed E-state index contributed by atoms with van der Waals surface area (Å²) in [6.07, 6.45) is 1.08. The highest BCUT2D eigenvalue weighted by Crippen LogP contribution is 2.25. The SMILES string of the molecule is CNC(C)Cc1ccc2cc(C)n(C(C)C)c2c1. The van der Waals surface area contributed by atoms with Gasteiger partial charge in [-0.2, -0.15) is 0 Å². The van der Waals surface area contributed by atoms with Gasteiger partial charge in [0.15, 0.2) is 0 Å². The number of nitrogens with zero attached hydrogens (tertiary/aromatic N) is 1. The molecule has 1 aromatic carbocycles. The molecule has 1 heterocycles. The molecule has 0 saturated heterocycles. The van der Waals surface area contributed by atoms with E-state index in [9.17, 15) is 0 Å². The third-order valence-electron chi connectivity index (χ3n) is 3.65. The lowest BCUT2D eigenvalue weighted by Crippen LogP contribution is -2.23. The third kappa shape index (κ3) is 2.44. The van der Waals surface area contributed by atoms with E-state index in [0.717, 1.165) is 6.42 Å². The van der Waals surface area contributed by atoms with Gasteiger partial charge < -0.3 is 9.88 Å². The molecule has 2 rings (SSSR count). The van der Waals surface area contributed by atoms with Gasteiger partial charge in [0.1, 0.15) is 0 Å². The zero-order chi connectivity index (χ0) is 13.3. The fourth-order valence-electron chi connectivity index (χ4n) is 2.67. The molecule has 0 amide bonds. The van der Waals surface area contributed by atoms with Crippen molar-refractivity contribution in [3.05, 3.63) is 35.5 Å². The van der Waals surface area contributed by atoms with Gasteiger partial charge in [-0.05, 0) is 64.2 Å². The topological polar surface area (TPSA) is 17.0 Å². The fourth-order valence-corrected chi connectivity index (χ4v) is 2.67. The standard InChI is InChI=1S/C16H24N2/c1-11(2)18-13(4)9-15-7-6-14(10-16(15)18)8-12(3)17-5/h6-7,9-12,17H,8H2,1-5H3. The van der Waals surface area contributed by atoms with Crippen molar-refractivity contribution < 1.29 is 0 Å². The van der Waals surface area contributed by atoms with Gasteiger partial charge in [-0.3, -0.25) is 0 Å². The first-order valence-corrected chi connectivity index (χ1v) is 6.80. The van der Waals surface area contributed by atoms with Crippen molar-refractivity contribution in [1.82, 2.24) is 9.88 Å². The van der Waals surface area contributed by atoms with E-state index in [4.69, 9.17) is 0 Å². The van der Waals surface area contributed by atoms with Gasteiger partial charge in [0, 0.05) is 23.3 Å². The van der Waals surface area contributed by atoms with E-state index in [-0.39, 0.29) is 0 Å². The van der Waals surface area contributed by atoms with Crippen LogP contribution in [0.15, 0.2) is 24.3 Å². The van der Waals surface area contributed by atoms with Crippen molar-refractivity contribution >= 4 is 10.9 Å². The highest BCUT2D eigenvalue weighted by atomic mass is 15.0. The average Bonchev–Trinajstić information content (AvgIpc) is 2.64. The van der Waals surface area contributed by atoms with Crippen molar-refractivity contribution in [2.75, 3.05) is 7.05 Å². The van der Waals surface area contributed by atoms with Gasteiger partial charge in [0.25, 0.3) is 0 Å². The highest BCUT2D eigenvalue weighted by Gasteiger charge is 2.09. The number of aromatic nitrogens is 1. The number of rotatable bonds is 4. The van der Waals surface area contributed by atoms with Crippen molar-refractivity contribution in [2.45, 2.75) is 46.2 Å². The molecule has 0 bridgehead atoms. The minimum Gasteiger partial charge on any atom is -0.342 e. The molecule has 2 aromatic rings. The summed E-state index contributed by atoms with van der Waals surface area (Å²) in [5, 5.41) is 4.65. The van der Waals surface area contributed by atoms with Gasteiger partial charge in [-0.1, -0.05) is 12.1 Å². The second-order valence-electron chi connectivity index (χ2n) is 5.54. The van der Waals surface area contributed by atoms with Crippen molar-refractivity contribution in [3.63, 3.8) is 0 Å². The van der Waals surface area contributed by atoms with E-state index >= 15 is 0 Å². The first-order chi connectivity index (χ1) is 8.52. The van der Waals surface area contributed by atoms with Crippen LogP contribution in [0.3, 0.4) is 0 Å². The molecule has 2 heteroatoms. The summed E-state index contributed by atoms with van der Waals surface area (Å²) in [4.78, 5) is 0. The second-order valence-corrected chi connectivity index (χ2v) is 5.54. The van der Waals surface area contributed by atoms with Crippen LogP contribution in [0.25, 0.3) is 10.9 Å². The van der Waals surface area contributed by atoms with Crippen molar-refractivity contribution in [3.8, 4) is 0 Å². The van der Waals surface area contributed by atoms with Crippen LogP contribution in [0.2, 0.25) is 0 Å². The third-order valence-corrected chi connectivity index (χ3v) is 3.65. The molecule has 0 spiro atoms. The Hall–Kier alpha value is -1.28. The molecule has 98 valence electrons. The Morgan fingerprint density at radius 1 is 1.17 bits per heavy atom. The maximum absolute atomic E-state index is 3.30. The number of benzene rings is 1. The van der Waals surface area contributed by atoms with Gasteiger partial charge in [-0.15, -0.1) is 0 Å². The Bertz CT molecular complexity index is 537. The summed E-state index contributed by atoms with van der Waals surface area (Å²) in [6.45, 7) is 8.90. The van der Waals surface area contributed by atoms with E-state index in [0.29, 0.717) is 12.1 Å². The number of hydrogen-bond donors (Lipinski definition) is 1. The molecule has 0 aliphatic carbocycles. The quantitative estimate of drug-likeness (QED) is 0.868. The molecule has 1 N–H and O–H groups in total. The van der Waals surface area contributed by atoms with E-state index in [1.165, 1.54) is 22.2 Å². The maximum atomic E-state index is 3.30. The van der Waals surface area contributed by atoms with Crippen LogP contribution in [0.4, 0.5) is 0 Å². The van der Waals surface area contributed by atoms with Gasteiger partial charge in [0.2, 0.25) is 0 Å². The molecular weight excluding hydrogens is 220 g/mol. The highest BCUT2D eigenvalue weighted by molar-refractivity contribution is 5.82. The molecule has 18 heavy (non-hydrogen) atoms. The summed E-state index contributed by atoms with van der Waals surface area (Å²) in [5.74, 6) is 0. The molecule has 0 radical (unpaired) electrons. The monoisotopic (exact) mass is 244 g/mol. The molecule has 2 nitrogen and oxygen atoms in total. The number of likely N-dealkylation sites (N-methyl/N-ethyl adjacent to an activating group) is 1. The van der Waals surface area contributed by atoms with Crippen molar-refractivity contribution in [1.29, 1.82) is 0 Å². The molecule has 0 aliphatic rings. The summed E-state index contributed by atoms with van der Waals surface area (Å²) < 4.78 is 2.42. The Labute approximate surface area is 110 Å². The predicted molar refractivity (Wildman–Crippen MR) is 79.3 cm³/mol. The zero-order valence-corrected chi connectivity index (χ0v) is 12.1. The summed E-state index contributed by atoms with van der Waals surface area (Å²) in [7, 11) is 2.02. The van der Waals surface area contributed by atoms with Crippen LogP contribution in [0.5, 0.6) is 0 Å². The smallest absolute Gasteiger partial charge is 0.0487 e. The number of aryl methyl sites for hydroxylation is 1. The van der Waals surface area contributed by atoms with Crippen LogP contribution in [-0.4, -0.2) is 17.7 Å². The number of hydrogen-bond acceptors (Lipinski definition) is 1. The summed E-state index contributed by atoms with van der Waals surface area (Å²) >= 11 is 0. The molecular formula is C16H24N2. The predicted octanol–water partition coefficient (Wildman–Crippen LogP) is 3.68. The lowest BCUT2D eigenvalue weighted by molar-refractivity contribution is 0.602. The van der Waals surface area contributed by atoms with E-state index in [1.807, 2.05) is 7.05 Å².